The van der Waals surface area contributed by atoms with Gasteiger partial charge in [-0.15, -0.1) is 0 Å². The zero-order valence-electron chi connectivity index (χ0n) is 19.4. The summed E-state index contributed by atoms with van der Waals surface area (Å²) < 4.78 is 11.4. The molecule has 4 aromatic rings. The molecule has 4 aromatic carbocycles. The average molecular weight is 467 g/mol. The molecule has 0 saturated carbocycles. The molecule has 6 nitrogen and oxygen atoms in total. The summed E-state index contributed by atoms with van der Waals surface area (Å²) in [4.78, 5) is 27.3. The SMILES string of the molecule is CN(C(=O)c1ccc(NC(=O)c2ccccc2OCCOc2ccccc2)cc1)c1ccccc1. The fourth-order valence-electron chi connectivity index (χ4n) is 3.47. The molecule has 2 amide bonds. The van der Waals surface area contributed by atoms with Gasteiger partial charge >= 0.3 is 0 Å². The zero-order valence-corrected chi connectivity index (χ0v) is 19.4. The molecule has 35 heavy (non-hydrogen) atoms. The van der Waals surface area contributed by atoms with Crippen LogP contribution in [-0.4, -0.2) is 32.1 Å². The maximum absolute atomic E-state index is 12.9. The fraction of sp³-hybridized carbons (Fsp3) is 0.103. The quantitative estimate of drug-likeness (QED) is 0.323. The number of rotatable bonds is 9. The monoisotopic (exact) mass is 466 g/mol. The predicted molar refractivity (Wildman–Crippen MR) is 137 cm³/mol. The molecule has 0 heterocycles. The summed E-state index contributed by atoms with van der Waals surface area (Å²) in [5, 5.41) is 2.87. The largest absolute Gasteiger partial charge is 0.490 e. The molecule has 0 bridgehead atoms. The molecule has 0 unspecified atom stereocenters. The Balaban J connectivity index is 1.35. The van der Waals surface area contributed by atoms with Gasteiger partial charge in [-0.2, -0.15) is 0 Å². The minimum atomic E-state index is -0.301. The molecule has 176 valence electrons. The first-order valence-electron chi connectivity index (χ1n) is 11.3. The van der Waals surface area contributed by atoms with E-state index in [1.165, 1.54) is 0 Å². The van der Waals surface area contributed by atoms with Crippen LogP contribution in [0, 0.1) is 0 Å². The number of amides is 2. The number of nitrogens with zero attached hydrogens (tertiary/aromatic N) is 1. The maximum Gasteiger partial charge on any atom is 0.259 e. The van der Waals surface area contributed by atoms with Crippen LogP contribution in [0.3, 0.4) is 0 Å². The van der Waals surface area contributed by atoms with Crippen molar-refractivity contribution in [1.29, 1.82) is 0 Å². The number of nitrogens with one attached hydrogen (secondary N) is 1. The molecular formula is C29H26N2O4. The van der Waals surface area contributed by atoms with Crippen molar-refractivity contribution < 1.29 is 19.1 Å². The Morgan fingerprint density at radius 1 is 0.714 bits per heavy atom. The lowest BCUT2D eigenvalue weighted by molar-refractivity contribution is 0.0991. The number of benzene rings is 4. The first-order valence-corrected chi connectivity index (χ1v) is 11.3. The van der Waals surface area contributed by atoms with Crippen LogP contribution >= 0.6 is 0 Å². The number of anilines is 2. The molecular weight excluding hydrogens is 440 g/mol. The smallest absolute Gasteiger partial charge is 0.259 e. The van der Waals surface area contributed by atoms with Crippen molar-refractivity contribution in [3.05, 3.63) is 120 Å². The van der Waals surface area contributed by atoms with Gasteiger partial charge in [0.1, 0.15) is 24.7 Å². The van der Waals surface area contributed by atoms with E-state index < -0.39 is 0 Å². The van der Waals surface area contributed by atoms with Gasteiger partial charge in [-0.1, -0.05) is 48.5 Å². The van der Waals surface area contributed by atoms with E-state index in [4.69, 9.17) is 9.47 Å². The number of carbonyl (C=O) groups is 2. The van der Waals surface area contributed by atoms with E-state index in [0.29, 0.717) is 35.8 Å². The Kier molecular flexibility index (Phi) is 7.76. The van der Waals surface area contributed by atoms with Gasteiger partial charge in [-0.25, -0.2) is 0 Å². The van der Waals surface area contributed by atoms with Gasteiger partial charge < -0.3 is 19.7 Å². The maximum atomic E-state index is 12.9. The number of para-hydroxylation sites is 3. The van der Waals surface area contributed by atoms with Gasteiger partial charge in [0.25, 0.3) is 11.8 Å². The van der Waals surface area contributed by atoms with Gasteiger partial charge in [0.05, 0.1) is 5.56 Å². The van der Waals surface area contributed by atoms with Crippen molar-refractivity contribution >= 4 is 23.2 Å². The van der Waals surface area contributed by atoms with Crippen LogP contribution < -0.4 is 19.7 Å². The third kappa shape index (κ3) is 6.26. The van der Waals surface area contributed by atoms with E-state index in [0.717, 1.165) is 11.4 Å². The molecule has 6 heteroatoms. The van der Waals surface area contributed by atoms with E-state index in [9.17, 15) is 9.59 Å². The van der Waals surface area contributed by atoms with Gasteiger partial charge in [0.2, 0.25) is 0 Å². The molecule has 0 fully saturated rings. The van der Waals surface area contributed by atoms with Crippen LogP contribution in [0.15, 0.2) is 109 Å². The number of hydrogen-bond acceptors (Lipinski definition) is 4. The van der Waals surface area contributed by atoms with E-state index in [2.05, 4.69) is 5.32 Å². The van der Waals surface area contributed by atoms with Crippen LogP contribution in [-0.2, 0) is 0 Å². The highest BCUT2D eigenvalue weighted by atomic mass is 16.5. The number of hydrogen-bond donors (Lipinski definition) is 1. The van der Waals surface area contributed by atoms with Gasteiger partial charge in [0, 0.05) is 24.0 Å². The van der Waals surface area contributed by atoms with Crippen molar-refractivity contribution in [1.82, 2.24) is 0 Å². The lowest BCUT2D eigenvalue weighted by Gasteiger charge is -2.17. The molecule has 0 aromatic heterocycles. The lowest BCUT2D eigenvalue weighted by atomic mass is 10.1. The third-order valence-corrected chi connectivity index (χ3v) is 5.32. The highest BCUT2D eigenvalue weighted by Gasteiger charge is 2.15. The lowest BCUT2D eigenvalue weighted by Crippen LogP contribution is -2.26. The van der Waals surface area contributed by atoms with Crippen LogP contribution in [0.4, 0.5) is 11.4 Å². The van der Waals surface area contributed by atoms with Gasteiger partial charge in [-0.05, 0) is 60.7 Å². The van der Waals surface area contributed by atoms with Crippen LogP contribution in [0.2, 0.25) is 0 Å². The summed E-state index contributed by atoms with van der Waals surface area (Å²) in [6.45, 7) is 0.651. The molecule has 0 aliphatic rings. The molecule has 0 spiro atoms. The average Bonchev–Trinajstić information content (AvgIpc) is 2.92. The van der Waals surface area contributed by atoms with Crippen LogP contribution in [0.5, 0.6) is 11.5 Å². The standard InChI is InChI=1S/C29H26N2O4/c1-31(24-10-4-2-5-11-24)29(33)22-16-18-23(19-17-22)30-28(32)26-14-8-9-15-27(26)35-21-20-34-25-12-6-3-7-13-25/h2-19H,20-21H2,1H3,(H,30,32). The van der Waals surface area contributed by atoms with Crippen molar-refractivity contribution in [2.45, 2.75) is 0 Å². The highest BCUT2D eigenvalue weighted by molar-refractivity contribution is 6.08. The van der Waals surface area contributed by atoms with Crippen LogP contribution in [0.1, 0.15) is 20.7 Å². The fourth-order valence-corrected chi connectivity index (χ4v) is 3.47. The molecule has 0 aliphatic carbocycles. The summed E-state index contributed by atoms with van der Waals surface area (Å²) in [6, 6.07) is 32.8. The summed E-state index contributed by atoms with van der Waals surface area (Å²) in [5.74, 6) is 0.799. The second kappa shape index (κ2) is 11.5. The first kappa shape index (κ1) is 23.6. The van der Waals surface area contributed by atoms with Crippen molar-refractivity contribution in [3.63, 3.8) is 0 Å². The minimum absolute atomic E-state index is 0.134. The molecule has 4 rings (SSSR count). The Morgan fingerprint density at radius 2 is 1.31 bits per heavy atom. The number of carbonyl (C=O) groups excluding carboxylic acids is 2. The Morgan fingerprint density at radius 3 is 2.03 bits per heavy atom. The summed E-state index contributed by atoms with van der Waals surface area (Å²) >= 11 is 0. The normalized spacial score (nSPS) is 10.3. The topological polar surface area (TPSA) is 67.9 Å². The van der Waals surface area contributed by atoms with E-state index in [1.54, 1.807) is 54.4 Å². The third-order valence-electron chi connectivity index (χ3n) is 5.32. The van der Waals surface area contributed by atoms with Crippen LogP contribution in [0.25, 0.3) is 0 Å². The summed E-state index contributed by atoms with van der Waals surface area (Å²) in [7, 11) is 1.73. The van der Waals surface area contributed by atoms with Crippen molar-refractivity contribution in [2.24, 2.45) is 0 Å². The van der Waals surface area contributed by atoms with E-state index >= 15 is 0 Å². The molecule has 0 saturated heterocycles. The molecule has 0 atom stereocenters. The Labute approximate surface area is 204 Å². The molecule has 1 N–H and O–H groups in total. The Bertz CT molecular complexity index is 1260. The summed E-state index contributed by atoms with van der Waals surface area (Å²) in [5.41, 5.74) is 2.32. The minimum Gasteiger partial charge on any atom is -0.490 e. The molecule has 0 radical (unpaired) electrons. The predicted octanol–water partition coefficient (Wildman–Crippen LogP) is 5.67. The molecule has 0 aliphatic heterocycles. The highest BCUT2D eigenvalue weighted by Crippen LogP contribution is 2.21. The van der Waals surface area contributed by atoms with Crippen molar-refractivity contribution in [2.75, 3.05) is 30.5 Å². The Hall–Kier alpha value is -4.58. The van der Waals surface area contributed by atoms with Gasteiger partial charge in [-0.3, -0.25) is 9.59 Å². The van der Waals surface area contributed by atoms with E-state index in [1.807, 2.05) is 66.7 Å². The number of ether oxygens (including phenoxy) is 2. The first-order chi connectivity index (χ1) is 17.1. The van der Waals surface area contributed by atoms with E-state index in [-0.39, 0.29) is 11.8 Å². The summed E-state index contributed by atoms with van der Waals surface area (Å²) in [6.07, 6.45) is 0. The second-order valence-corrected chi connectivity index (χ2v) is 7.74. The van der Waals surface area contributed by atoms with Crippen molar-refractivity contribution in [3.8, 4) is 11.5 Å². The van der Waals surface area contributed by atoms with Gasteiger partial charge in [0.15, 0.2) is 0 Å². The second-order valence-electron chi connectivity index (χ2n) is 7.74. The zero-order chi connectivity index (χ0) is 24.5.